The van der Waals surface area contributed by atoms with Gasteiger partial charge in [0.2, 0.25) is 11.8 Å². The van der Waals surface area contributed by atoms with Gasteiger partial charge in [-0.2, -0.15) is 0 Å². The molecule has 2 amide bonds. The van der Waals surface area contributed by atoms with Gasteiger partial charge in [0.15, 0.2) is 5.17 Å². The summed E-state index contributed by atoms with van der Waals surface area (Å²) in [5, 5.41) is 12.1. The van der Waals surface area contributed by atoms with E-state index in [1.807, 2.05) is 6.92 Å². The summed E-state index contributed by atoms with van der Waals surface area (Å²) < 4.78 is 0. The molecule has 0 aliphatic carbocycles. The number of aliphatic imine (C=N–C) groups is 1. The van der Waals surface area contributed by atoms with Gasteiger partial charge in [-0.05, 0) is 49.4 Å². The number of nitrogens with one attached hydrogen (secondary N) is 1. The SMILES string of the molecule is CCN1C(=O)C[C@@H](C(=O)Nc2ccc(C(=O)O)cc2)SC1=Nc1ccc(Cl)c(Cl)c1. The summed E-state index contributed by atoms with van der Waals surface area (Å²) in [5.41, 5.74) is 1.08. The van der Waals surface area contributed by atoms with Crippen LogP contribution < -0.4 is 5.32 Å². The molecule has 1 aliphatic rings. The number of thioether (sulfide) groups is 1. The largest absolute Gasteiger partial charge is 0.478 e. The van der Waals surface area contributed by atoms with Gasteiger partial charge < -0.3 is 10.4 Å². The van der Waals surface area contributed by atoms with Gasteiger partial charge in [-0.15, -0.1) is 0 Å². The normalized spacial score (nSPS) is 17.8. The van der Waals surface area contributed by atoms with Crippen LogP contribution in [0.15, 0.2) is 47.5 Å². The maximum atomic E-state index is 12.7. The molecule has 2 aromatic rings. The van der Waals surface area contributed by atoms with Crippen molar-refractivity contribution >= 4 is 69.3 Å². The summed E-state index contributed by atoms with van der Waals surface area (Å²) in [6.45, 7) is 2.24. The molecule has 7 nitrogen and oxygen atoms in total. The standard InChI is InChI=1S/C20H17Cl2N3O4S/c1-2-25-17(26)10-16(18(27)23-12-5-3-11(4-6-12)19(28)29)30-20(25)24-13-7-8-14(21)15(22)9-13/h3-9,16H,2,10H2,1H3,(H,23,27)(H,28,29)/t16-/m0/s1. The Labute approximate surface area is 187 Å². The lowest BCUT2D eigenvalue weighted by Crippen LogP contribution is -2.45. The van der Waals surface area contributed by atoms with Crippen molar-refractivity contribution in [1.82, 2.24) is 4.90 Å². The smallest absolute Gasteiger partial charge is 0.335 e. The number of carbonyl (C=O) groups is 3. The molecule has 0 unspecified atom stereocenters. The number of halogens is 2. The maximum absolute atomic E-state index is 12.7. The molecule has 1 saturated heterocycles. The van der Waals surface area contributed by atoms with E-state index in [2.05, 4.69) is 10.3 Å². The molecule has 156 valence electrons. The number of amidine groups is 1. The van der Waals surface area contributed by atoms with Gasteiger partial charge in [0.1, 0.15) is 5.25 Å². The molecule has 0 aromatic heterocycles. The molecule has 10 heteroatoms. The van der Waals surface area contributed by atoms with Crippen molar-refractivity contribution in [2.45, 2.75) is 18.6 Å². The molecule has 1 fully saturated rings. The zero-order valence-electron chi connectivity index (χ0n) is 15.8. The Bertz CT molecular complexity index is 1030. The van der Waals surface area contributed by atoms with Crippen LogP contribution in [0.2, 0.25) is 10.0 Å². The van der Waals surface area contributed by atoms with Gasteiger partial charge >= 0.3 is 5.97 Å². The molecule has 0 saturated carbocycles. The zero-order valence-corrected chi connectivity index (χ0v) is 18.1. The van der Waals surface area contributed by atoms with Crippen molar-refractivity contribution < 1.29 is 19.5 Å². The van der Waals surface area contributed by atoms with Crippen molar-refractivity contribution in [2.75, 3.05) is 11.9 Å². The monoisotopic (exact) mass is 465 g/mol. The van der Waals surface area contributed by atoms with E-state index in [-0.39, 0.29) is 23.8 Å². The van der Waals surface area contributed by atoms with E-state index < -0.39 is 11.2 Å². The number of nitrogens with zero attached hydrogens (tertiary/aromatic N) is 2. The number of amides is 2. The highest BCUT2D eigenvalue weighted by molar-refractivity contribution is 8.15. The highest BCUT2D eigenvalue weighted by Gasteiger charge is 2.35. The van der Waals surface area contributed by atoms with Gasteiger partial charge in [-0.25, -0.2) is 9.79 Å². The van der Waals surface area contributed by atoms with Crippen LogP contribution >= 0.6 is 35.0 Å². The van der Waals surface area contributed by atoms with Crippen LogP contribution in [0.4, 0.5) is 11.4 Å². The third-order valence-electron chi connectivity index (χ3n) is 4.28. The van der Waals surface area contributed by atoms with Crippen molar-refractivity contribution in [3.63, 3.8) is 0 Å². The lowest BCUT2D eigenvalue weighted by Gasteiger charge is -2.30. The topological polar surface area (TPSA) is 99.1 Å². The molecule has 0 spiro atoms. The molecule has 3 rings (SSSR count). The van der Waals surface area contributed by atoms with Gasteiger partial charge in [0.05, 0.1) is 21.3 Å². The van der Waals surface area contributed by atoms with Crippen LogP contribution in [0, 0.1) is 0 Å². The maximum Gasteiger partial charge on any atom is 0.335 e. The first-order valence-corrected chi connectivity index (χ1v) is 10.6. The highest BCUT2D eigenvalue weighted by Crippen LogP contribution is 2.32. The van der Waals surface area contributed by atoms with Crippen molar-refractivity contribution in [3.05, 3.63) is 58.1 Å². The van der Waals surface area contributed by atoms with Gasteiger partial charge in [0, 0.05) is 18.7 Å². The summed E-state index contributed by atoms with van der Waals surface area (Å²) in [5.74, 6) is -1.63. The number of carboxylic acid groups (broad SMARTS) is 1. The fourth-order valence-corrected chi connectivity index (χ4v) is 4.19. The van der Waals surface area contributed by atoms with Crippen molar-refractivity contribution in [3.8, 4) is 0 Å². The van der Waals surface area contributed by atoms with Crippen molar-refractivity contribution in [2.24, 2.45) is 4.99 Å². The Morgan fingerprint density at radius 2 is 1.90 bits per heavy atom. The summed E-state index contributed by atoms with van der Waals surface area (Å²) in [7, 11) is 0. The first kappa shape index (κ1) is 22.1. The van der Waals surface area contributed by atoms with Crippen LogP contribution in [0.1, 0.15) is 23.7 Å². The zero-order chi connectivity index (χ0) is 21.8. The molecule has 1 atom stereocenters. The third kappa shape index (κ3) is 5.13. The minimum atomic E-state index is -1.05. The molecule has 30 heavy (non-hydrogen) atoms. The average molecular weight is 466 g/mol. The molecule has 2 aromatic carbocycles. The van der Waals surface area contributed by atoms with E-state index in [0.717, 1.165) is 0 Å². The van der Waals surface area contributed by atoms with Crippen LogP contribution in [0.3, 0.4) is 0 Å². The van der Waals surface area contributed by atoms with E-state index in [1.54, 1.807) is 18.2 Å². The molecule has 1 aliphatic heterocycles. The lowest BCUT2D eigenvalue weighted by atomic mass is 10.2. The predicted octanol–water partition coefficient (Wildman–Crippen LogP) is 4.67. The minimum Gasteiger partial charge on any atom is -0.478 e. The Kier molecular flexibility index (Phi) is 7.02. The number of rotatable bonds is 5. The molecule has 0 bridgehead atoms. The fraction of sp³-hybridized carbons (Fsp3) is 0.200. The number of carboxylic acids is 1. The number of carbonyl (C=O) groups excluding carboxylic acids is 2. The first-order chi connectivity index (χ1) is 14.3. The number of hydrogen-bond donors (Lipinski definition) is 2. The Hall–Kier alpha value is -2.55. The lowest BCUT2D eigenvalue weighted by molar-refractivity contribution is -0.129. The Morgan fingerprint density at radius 3 is 2.50 bits per heavy atom. The van der Waals surface area contributed by atoms with Crippen molar-refractivity contribution in [1.29, 1.82) is 0 Å². The summed E-state index contributed by atoms with van der Waals surface area (Å²) in [6, 6.07) is 10.7. The van der Waals surface area contributed by atoms with E-state index in [4.69, 9.17) is 28.3 Å². The predicted molar refractivity (Wildman–Crippen MR) is 119 cm³/mol. The number of benzene rings is 2. The fourth-order valence-electron chi connectivity index (χ4n) is 2.74. The highest BCUT2D eigenvalue weighted by atomic mass is 35.5. The number of anilines is 1. The van der Waals surface area contributed by atoms with Crippen LogP contribution in [-0.2, 0) is 9.59 Å². The molecular weight excluding hydrogens is 449 g/mol. The van der Waals surface area contributed by atoms with Crippen LogP contribution in [0.5, 0.6) is 0 Å². The third-order valence-corrected chi connectivity index (χ3v) is 6.20. The summed E-state index contributed by atoms with van der Waals surface area (Å²) in [4.78, 5) is 42.2. The molecule has 1 heterocycles. The number of aromatic carboxylic acids is 1. The average Bonchev–Trinajstić information content (AvgIpc) is 2.71. The van der Waals surface area contributed by atoms with E-state index in [0.29, 0.717) is 33.1 Å². The van der Waals surface area contributed by atoms with Gasteiger partial charge in [0.25, 0.3) is 0 Å². The minimum absolute atomic E-state index is 0.0257. The summed E-state index contributed by atoms with van der Waals surface area (Å²) in [6.07, 6.45) is 0.0257. The van der Waals surface area contributed by atoms with Gasteiger partial charge in [-0.1, -0.05) is 35.0 Å². The van der Waals surface area contributed by atoms with E-state index in [9.17, 15) is 14.4 Å². The molecule has 2 N–H and O–H groups in total. The second-order valence-electron chi connectivity index (χ2n) is 6.31. The molecule has 0 radical (unpaired) electrons. The van der Waals surface area contributed by atoms with Crippen LogP contribution in [-0.4, -0.2) is 44.8 Å². The quantitative estimate of drug-likeness (QED) is 0.667. The van der Waals surface area contributed by atoms with E-state index in [1.165, 1.54) is 40.9 Å². The molecular formula is C20H17Cl2N3O4S. The second-order valence-corrected chi connectivity index (χ2v) is 8.30. The van der Waals surface area contributed by atoms with E-state index >= 15 is 0 Å². The summed E-state index contributed by atoms with van der Waals surface area (Å²) >= 11 is 13.2. The second kappa shape index (κ2) is 9.51. The number of hydrogen-bond acceptors (Lipinski definition) is 5. The Morgan fingerprint density at radius 1 is 1.20 bits per heavy atom. The first-order valence-electron chi connectivity index (χ1n) is 8.93. The van der Waals surface area contributed by atoms with Crippen LogP contribution in [0.25, 0.3) is 0 Å². The Balaban J connectivity index is 1.79. The van der Waals surface area contributed by atoms with Gasteiger partial charge in [-0.3, -0.25) is 14.5 Å².